The van der Waals surface area contributed by atoms with Crippen molar-refractivity contribution in [3.8, 4) is 33.4 Å². The van der Waals surface area contributed by atoms with Gasteiger partial charge in [0.1, 0.15) is 5.84 Å². The Morgan fingerprint density at radius 1 is 0.451 bits per heavy atom. The molecule has 0 aliphatic rings. The SMILES string of the molecule is NC(=N/C(=C\Cc1ccc(-c2ccccc2)cc1)c1ccc(-c2ccc(-c3ccc(Br)c4ccccc34)c3ccccc23)cc1)c1ccccc1. The molecule has 0 unspecified atom stereocenters. The Labute approximate surface area is 307 Å². The minimum atomic E-state index is 0.493. The van der Waals surface area contributed by atoms with Crippen LogP contribution >= 0.6 is 15.9 Å². The van der Waals surface area contributed by atoms with Crippen LogP contribution in [0.5, 0.6) is 0 Å². The number of fused-ring (bicyclic) bond motifs is 2. The molecule has 8 aromatic rings. The Balaban J connectivity index is 1.14. The zero-order valence-corrected chi connectivity index (χ0v) is 29.6. The Morgan fingerprint density at radius 2 is 0.941 bits per heavy atom. The maximum absolute atomic E-state index is 6.58. The van der Waals surface area contributed by atoms with Crippen LogP contribution in [0.15, 0.2) is 198 Å². The third-order valence-electron chi connectivity index (χ3n) is 9.48. The third kappa shape index (κ3) is 6.77. The summed E-state index contributed by atoms with van der Waals surface area (Å²) in [5, 5.41) is 4.89. The standard InChI is InChI=1S/C48H35BrN2/c49-46-31-30-44(42-17-9-10-18-45(42)46)43-29-28-39(40-15-7-8-16-41(40)43)36-24-26-37(27-25-36)47(51-48(50)38-13-5-2-6-14-38)32-21-33-19-22-35(23-20-33)34-11-3-1-4-12-34/h1-20,22-32H,21H2,(H2,50,51)/b47-32-. The molecule has 0 bridgehead atoms. The fourth-order valence-electron chi connectivity index (χ4n) is 6.81. The van der Waals surface area contributed by atoms with E-state index in [1.54, 1.807) is 0 Å². The molecule has 0 amide bonds. The van der Waals surface area contributed by atoms with E-state index in [9.17, 15) is 0 Å². The van der Waals surface area contributed by atoms with Crippen LogP contribution in [0.3, 0.4) is 0 Å². The Hall–Kier alpha value is -6.03. The van der Waals surface area contributed by atoms with Crippen molar-refractivity contribution >= 4 is 49.0 Å². The number of halogens is 1. The summed E-state index contributed by atoms with van der Waals surface area (Å²) < 4.78 is 1.10. The quantitative estimate of drug-likeness (QED) is 0.123. The van der Waals surface area contributed by atoms with Gasteiger partial charge in [-0.15, -0.1) is 0 Å². The Morgan fingerprint density at radius 3 is 1.61 bits per heavy atom. The zero-order chi connectivity index (χ0) is 34.6. The van der Waals surface area contributed by atoms with E-state index in [4.69, 9.17) is 10.7 Å². The second kappa shape index (κ2) is 14.4. The lowest BCUT2D eigenvalue weighted by Gasteiger charge is -2.15. The highest BCUT2D eigenvalue weighted by atomic mass is 79.9. The summed E-state index contributed by atoms with van der Waals surface area (Å²) in [6, 6.07) is 64.0. The molecule has 0 saturated heterocycles. The third-order valence-corrected chi connectivity index (χ3v) is 10.2. The molecule has 2 N–H and O–H groups in total. The molecule has 0 fully saturated rings. The van der Waals surface area contributed by atoms with Gasteiger partial charge >= 0.3 is 0 Å². The number of aliphatic imine (C=N–C) groups is 1. The molecule has 0 spiro atoms. The van der Waals surface area contributed by atoms with Crippen molar-refractivity contribution < 1.29 is 0 Å². The van der Waals surface area contributed by atoms with E-state index in [0.717, 1.165) is 33.3 Å². The Kier molecular flexibility index (Phi) is 9.12. The molecule has 0 aliphatic heterocycles. The number of rotatable bonds is 8. The van der Waals surface area contributed by atoms with Gasteiger partial charge in [0.2, 0.25) is 0 Å². The van der Waals surface area contributed by atoms with E-state index < -0.39 is 0 Å². The van der Waals surface area contributed by atoms with Crippen molar-refractivity contribution in [2.45, 2.75) is 6.42 Å². The average molecular weight is 720 g/mol. The topological polar surface area (TPSA) is 38.4 Å². The van der Waals surface area contributed by atoms with Crippen LogP contribution in [-0.2, 0) is 6.42 Å². The van der Waals surface area contributed by atoms with Crippen molar-refractivity contribution in [2.24, 2.45) is 10.7 Å². The molecule has 0 aliphatic carbocycles. The fourth-order valence-corrected chi connectivity index (χ4v) is 7.29. The van der Waals surface area contributed by atoms with E-state index in [1.807, 2.05) is 36.4 Å². The lowest BCUT2D eigenvalue weighted by Crippen LogP contribution is -2.13. The number of nitrogens with two attached hydrogens (primary N) is 1. The first-order valence-corrected chi connectivity index (χ1v) is 18.0. The lowest BCUT2D eigenvalue weighted by molar-refractivity contribution is 1.26. The number of amidine groups is 1. The summed E-state index contributed by atoms with van der Waals surface area (Å²) in [6.07, 6.45) is 2.91. The van der Waals surface area contributed by atoms with Gasteiger partial charge in [0.15, 0.2) is 0 Å². The van der Waals surface area contributed by atoms with Gasteiger partial charge in [-0.25, -0.2) is 4.99 Å². The van der Waals surface area contributed by atoms with Gasteiger partial charge in [0.25, 0.3) is 0 Å². The van der Waals surface area contributed by atoms with Crippen LogP contribution in [0.25, 0.3) is 60.6 Å². The first-order valence-electron chi connectivity index (χ1n) is 17.2. The first kappa shape index (κ1) is 32.2. The minimum Gasteiger partial charge on any atom is -0.383 e. The number of benzene rings is 8. The van der Waals surface area contributed by atoms with Crippen molar-refractivity contribution in [1.82, 2.24) is 0 Å². The van der Waals surface area contributed by atoms with Gasteiger partial charge in [-0.2, -0.15) is 0 Å². The molecule has 8 aromatic carbocycles. The van der Waals surface area contributed by atoms with Gasteiger partial charge < -0.3 is 5.73 Å². The second-order valence-electron chi connectivity index (χ2n) is 12.6. The molecule has 51 heavy (non-hydrogen) atoms. The fraction of sp³-hybridized carbons (Fsp3) is 0.0208. The molecule has 0 radical (unpaired) electrons. The van der Waals surface area contributed by atoms with Crippen molar-refractivity contribution in [1.29, 1.82) is 0 Å². The summed E-state index contributed by atoms with van der Waals surface area (Å²) in [5.41, 5.74) is 17.8. The molecule has 0 atom stereocenters. The number of hydrogen-bond donors (Lipinski definition) is 1. The Bertz CT molecular complexity index is 2530. The molecule has 0 saturated carbocycles. The second-order valence-corrected chi connectivity index (χ2v) is 13.5. The molecular weight excluding hydrogens is 684 g/mol. The zero-order valence-electron chi connectivity index (χ0n) is 28.0. The highest BCUT2D eigenvalue weighted by Gasteiger charge is 2.13. The molecule has 244 valence electrons. The van der Waals surface area contributed by atoms with Crippen LogP contribution in [0, 0.1) is 0 Å². The van der Waals surface area contributed by atoms with Crippen LogP contribution in [0.2, 0.25) is 0 Å². The van der Waals surface area contributed by atoms with E-state index in [0.29, 0.717) is 5.84 Å². The highest BCUT2D eigenvalue weighted by Crippen LogP contribution is 2.40. The van der Waals surface area contributed by atoms with E-state index in [1.165, 1.54) is 54.9 Å². The normalized spacial score (nSPS) is 12.0. The van der Waals surface area contributed by atoms with Gasteiger partial charge in [0, 0.05) is 10.0 Å². The lowest BCUT2D eigenvalue weighted by atomic mass is 9.90. The van der Waals surface area contributed by atoms with Gasteiger partial charge in [-0.05, 0) is 78.5 Å². The van der Waals surface area contributed by atoms with E-state index in [2.05, 4.69) is 168 Å². The van der Waals surface area contributed by atoms with E-state index >= 15 is 0 Å². The summed E-state index contributed by atoms with van der Waals surface area (Å²) in [4.78, 5) is 4.98. The van der Waals surface area contributed by atoms with Gasteiger partial charge in [-0.1, -0.05) is 198 Å². The predicted molar refractivity (Wildman–Crippen MR) is 221 cm³/mol. The molecule has 8 rings (SSSR count). The molecule has 0 heterocycles. The first-order chi connectivity index (χ1) is 25.1. The summed E-state index contributed by atoms with van der Waals surface area (Å²) >= 11 is 3.75. The average Bonchev–Trinajstić information content (AvgIpc) is 3.20. The molecule has 3 heteroatoms. The number of hydrogen-bond acceptors (Lipinski definition) is 1. The van der Waals surface area contributed by atoms with Crippen LogP contribution in [-0.4, -0.2) is 5.84 Å². The highest BCUT2D eigenvalue weighted by molar-refractivity contribution is 9.10. The van der Waals surface area contributed by atoms with Gasteiger partial charge in [-0.3, -0.25) is 0 Å². The number of allylic oxidation sites excluding steroid dienone is 1. The van der Waals surface area contributed by atoms with Gasteiger partial charge in [0.05, 0.1) is 5.70 Å². The number of nitrogens with zero attached hydrogens (tertiary/aromatic N) is 1. The molecule has 0 aromatic heterocycles. The molecule has 2 nitrogen and oxygen atoms in total. The molecular formula is C48H35BrN2. The van der Waals surface area contributed by atoms with Crippen molar-refractivity contribution in [3.05, 3.63) is 209 Å². The van der Waals surface area contributed by atoms with Crippen LogP contribution < -0.4 is 5.73 Å². The van der Waals surface area contributed by atoms with Crippen LogP contribution in [0.1, 0.15) is 16.7 Å². The van der Waals surface area contributed by atoms with Crippen molar-refractivity contribution in [3.63, 3.8) is 0 Å². The minimum absolute atomic E-state index is 0.493. The monoisotopic (exact) mass is 718 g/mol. The van der Waals surface area contributed by atoms with E-state index in [-0.39, 0.29) is 0 Å². The maximum atomic E-state index is 6.58. The summed E-state index contributed by atoms with van der Waals surface area (Å²) in [6.45, 7) is 0. The maximum Gasteiger partial charge on any atom is 0.131 e. The largest absolute Gasteiger partial charge is 0.383 e. The summed E-state index contributed by atoms with van der Waals surface area (Å²) in [5.74, 6) is 0.493. The van der Waals surface area contributed by atoms with Crippen molar-refractivity contribution in [2.75, 3.05) is 0 Å². The predicted octanol–water partition coefficient (Wildman–Crippen LogP) is 12.7. The van der Waals surface area contributed by atoms with Crippen LogP contribution in [0.4, 0.5) is 0 Å². The summed E-state index contributed by atoms with van der Waals surface area (Å²) in [7, 11) is 0. The smallest absolute Gasteiger partial charge is 0.131 e.